The van der Waals surface area contributed by atoms with E-state index < -0.39 is 0 Å². The first-order valence-corrected chi connectivity index (χ1v) is 10.6. The van der Waals surface area contributed by atoms with Gasteiger partial charge in [-0.25, -0.2) is 0 Å². The van der Waals surface area contributed by atoms with Crippen LogP contribution < -0.4 is 5.32 Å². The third-order valence-corrected chi connectivity index (χ3v) is 5.79. The van der Waals surface area contributed by atoms with Gasteiger partial charge in [-0.3, -0.25) is 9.48 Å². The van der Waals surface area contributed by atoms with Crippen LogP contribution >= 0.6 is 0 Å². The van der Waals surface area contributed by atoms with Gasteiger partial charge in [0.25, 0.3) is 0 Å². The highest BCUT2D eigenvalue weighted by atomic mass is 16.5. The molecule has 7 heteroatoms. The summed E-state index contributed by atoms with van der Waals surface area (Å²) in [5.41, 5.74) is 3.41. The van der Waals surface area contributed by atoms with Crippen molar-refractivity contribution >= 4 is 5.91 Å². The molecule has 1 amide bonds. The first kappa shape index (κ1) is 20.1. The summed E-state index contributed by atoms with van der Waals surface area (Å²) in [4.78, 5) is 17.0. The van der Waals surface area contributed by atoms with Crippen LogP contribution in [0.1, 0.15) is 29.3 Å². The van der Waals surface area contributed by atoms with E-state index in [9.17, 15) is 4.79 Å². The predicted molar refractivity (Wildman–Crippen MR) is 112 cm³/mol. The van der Waals surface area contributed by atoms with Crippen LogP contribution in [0.3, 0.4) is 0 Å². The number of hydrogen-bond donors (Lipinski definition) is 1. The van der Waals surface area contributed by atoms with Crippen LogP contribution in [-0.4, -0.2) is 78.4 Å². The monoisotopic (exact) mass is 397 g/mol. The summed E-state index contributed by atoms with van der Waals surface area (Å²) in [6, 6.07) is 10.3. The van der Waals surface area contributed by atoms with Gasteiger partial charge in [0.1, 0.15) is 6.10 Å². The van der Waals surface area contributed by atoms with Crippen LogP contribution in [0.2, 0.25) is 0 Å². The molecule has 1 atom stereocenters. The molecule has 1 N–H and O–H groups in total. The average molecular weight is 398 g/mol. The molecule has 29 heavy (non-hydrogen) atoms. The standard InChI is InChI=1S/C22H31N5O2/c1-25-10-12-26(13-11-25)9-7-21(28)23-15-20-22-19(8-14-29-20)17-27(24-22)16-18-5-3-2-4-6-18/h2-6,17,20H,7-16H2,1H3,(H,23,28)/t20-/m1/s1. The molecule has 1 saturated heterocycles. The van der Waals surface area contributed by atoms with E-state index in [1.165, 1.54) is 11.1 Å². The summed E-state index contributed by atoms with van der Waals surface area (Å²) >= 11 is 0. The van der Waals surface area contributed by atoms with E-state index in [2.05, 4.69) is 40.5 Å². The maximum atomic E-state index is 12.3. The van der Waals surface area contributed by atoms with Crippen molar-refractivity contribution in [3.63, 3.8) is 0 Å². The Hall–Kier alpha value is -2.22. The second kappa shape index (κ2) is 9.52. The maximum absolute atomic E-state index is 12.3. The highest BCUT2D eigenvalue weighted by molar-refractivity contribution is 5.76. The maximum Gasteiger partial charge on any atom is 0.221 e. The zero-order valence-corrected chi connectivity index (χ0v) is 17.2. The van der Waals surface area contributed by atoms with Crippen LogP contribution in [0.15, 0.2) is 36.5 Å². The molecular weight excluding hydrogens is 366 g/mol. The number of nitrogens with one attached hydrogen (secondary N) is 1. The van der Waals surface area contributed by atoms with Crippen molar-refractivity contribution in [2.45, 2.75) is 25.5 Å². The minimum atomic E-state index is -0.164. The number of carbonyl (C=O) groups excluding carboxylic acids is 1. The van der Waals surface area contributed by atoms with Crippen LogP contribution in [0.5, 0.6) is 0 Å². The lowest BCUT2D eigenvalue weighted by atomic mass is 10.1. The van der Waals surface area contributed by atoms with E-state index in [1.807, 2.05) is 22.9 Å². The fraction of sp³-hybridized carbons (Fsp3) is 0.545. The summed E-state index contributed by atoms with van der Waals surface area (Å²) in [6.07, 6.45) is 3.36. The number of benzene rings is 1. The smallest absolute Gasteiger partial charge is 0.221 e. The van der Waals surface area contributed by atoms with Gasteiger partial charge in [0.15, 0.2) is 0 Å². The molecule has 0 unspecified atom stereocenters. The molecule has 2 aliphatic heterocycles. The van der Waals surface area contributed by atoms with E-state index in [4.69, 9.17) is 9.84 Å². The Morgan fingerprint density at radius 2 is 2.00 bits per heavy atom. The van der Waals surface area contributed by atoms with Gasteiger partial charge in [0, 0.05) is 51.9 Å². The normalized spacial score (nSPS) is 20.4. The van der Waals surface area contributed by atoms with Gasteiger partial charge in [-0.1, -0.05) is 30.3 Å². The summed E-state index contributed by atoms with van der Waals surface area (Å²) in [5, 5.41) is 7.81. The van der Waals surface area contributed by atoms with Gasteiger partial charge >= 0.3 is 0 Å². The Bertz CT molecular complexity index is 799. The third kappa shape index (κ3) is 5.44. The van der Waals surface area contributed by atoms with Gasteiger partial charge in [-0.05, 0) is 24.6 Å². The van der Waals surface area contributed by atoms with Crippen molar-refractivity contribution in [2.75, 3.05) is 52.9 Å². The zero-order valence-electron chi connectivity index (χ0n) is 17.2. The Kier molecular flexibility index (Phi) is 6.59. The summed E-state index contributed by atoms with van der Waals surface area (Å²) in [5.74, 6) is 0.0865. The quantitative estimate of drug-likeness (QED) is 0.763. The lowest BCUT2D eigenvalue weighted by Gasteiger charge is -2.32. The number of fused-ring (bicyclic) bond motifs is 1. The second-order valence-corrected chi connectivity index (χ2v) is 8.03. The van der Waals surface area contributed by atoms with Gasteiger partial charge < -0.3 is 19.9 Å². The van der Waals surface area contributed by atoms with E-state index in [0.717, 1.165) is 51.4 Å². The molecule has 0 saturated carbocycles. The summed E-state index contributed by atoms with van der Waals surface area (Å²) in [6.45, 7) is 6.95. The summed E-state index contributed by atoms with van der Waals surface area (Å²) in [7, 11) is 2.14. The number of aromatic nitrogens is 2. The molecule has 2 aromatic rings. The number of amides is 1. The Labute approximate surface area is 172 Å². The first-order valence-electron chi connectivity index (χ1n) is 10.6. The van der Waals surface area contributed by atoms with Crippen LogP contribution in [0.4, 0.5) is 0 Å². The minimum absolute atomic E-state index is 0.0865. The Morgan fingerprint density at radius 3 is 2.79 bits per heavy atom. The van der Waals surface area contributed by atoms with E-state index in [0.29, 0.717) is 19.6 Å². The van der Waals surface area contributed by atoms with Crippen LogP contribution in [0.25, 0.3) is 0 Å². The first-order chi connectivity index (χ1) is 14.2. The van der Waals surface area contributed by atoms with E-state index in [-0.39, 0.29) is 12.0 Å². The van der Waals surface area contributed by atoms with E-state index in [1.54, 1.807) is 0 Å². The number of carbonyl (C=O) groups is 1. The predicted octanol–water partition coefficient (Wildman–Crippen LogP) is 1.30. The molecular formula is C22H31N5O2. The average Bonchev–Trinajstić information content (AvgIpc) is 3.15. The molecule has 0 spiro atoms. The minimum Gasteiger partial charge on any atom is -0.370 e. The van der Waals surface area contributed by atoms with Crippen molar-refractivity contribution in [3.05, 3.63) is 53.3 Å². The van der Waals surface area contributed by atoms with Crippen molar-refractivity contribution in [1.29, 1.82) is 0 Å². The molecule has 7 nitrogen and oxygen atoms in total. The molecule has 3 heterocycles. The van der Waals surface area contributed by atoms with Crippen molar-refractivity contribution in [2.24, 2.45) is 0 Å². The molecule has 1 fully saturated rings. The number of likely N-dealkylation sites (N-methyl/N-ethyl adjacent to an activating group) is 1. The zero-order chi connectivity index (χ0) is 20.1. The van der Waals surface area contributed by atoms with Crippen molar-refractivity contribution < 1.29 is 9.53 Å². The molecule has 4 rings (SSSR count). The number of nitrogens with zero attached hydrogens (tertiary/aromatic N) is 4. The number of piperazine rings is 1. The van der Waals surface area contributed by atoms with Crippen LogP contribution in [0, 0.1) is 0 Å². The van der Waals surface area contributed by atoms with Gasteiger partial charge in [0.05, 0.1) is 18.8 Å². The molecule has 156 valence electrons. The lowest BCUT2D eigenvalue weighted by molar-refractivity contribution is -0.122. The fourth-order valence-electron chi connectivity index (χ4n) is 3.96. The molecule has 1 aromatic heterocycles. The molecule has 0 bridgehead atoms. The summed E-state index contributed by atoms with van der Waals surface area (Å²) < 4.78 is 7.90. The number of rotatable bonds is 7. The van der Waals surface area contributed by atoms with Gasteiger partial charge in [0.2, 0.25) is 5.91 Å². The SMILES string of the molecule is CN1CCN(CCC(=O)NC[C@H]2OCCc3cn(Cc4ccccc4)nc32)CC1. The van der Waals surface area contributed by atoms with Gasteiger partial charge in [-0.2, -0.15) is 5.10 Å². The number of ether oxygens (including phenoxy) is 1. The van der Waals surface area contributed by atoms with Gasteiger partial charge in [-0.15, -0.1) is 0 Å². The van der Waals surface area contributed by atoms with Crippen molar-refractivity contribution in [3.8, 4) is 0 Å². The number of hydrogen-bond acceptors (Lipinski definition) is 5. The molecule has 0 aliphatic carbocycles. The largest absolute Gasteiger partial charge is 0.370 e. The van der Waals surface area contributed by atoms with E-state index >= 15 is 0 Å². The third-order valence-electron chi connectivity index (χ3n) is 5.79. The highest BCUT2D eigenvalue weighted by Gasteiger charge is 2.25. The van der Waals surface area contributed by atoms with Crippen molar-refractivity contribution in [1.82, 2.24) is 24.9 Å². The topological polar surface area (TPSA) is 62.6 Å². The Balaban J connectivity index is 1.27. The molecule has 1 aromatic carbocycles. The Morgan fingerprint density at radius 1 is 1.21 bits per heavy atom. The lowest BCUT2D eigenvalue weighted by Crippen LogP contribution is -2.45. The second-order valence-electron chi connectivity index (χ2n) is 8.03. The molecule has 0 radical (unpaired) electrons. The van der Waals surface area contributed by atoms with Crippen LogP contribution in [-0.2, 0) is 22.5 Å². The molecule has 2 aliphatic rings. The fourth-order valence-corrected chi connectivity index (χ4v) is 3.96. The highest BCUT2D eigenvalue weighted by Crippen LogP contribution is 2.25.